The van der Waals surface area contributed by atoms with E-state index in [-0.39, 0.29) is 5.91 Å². The Kier molecular flexibility index (Phi) is 5.96. The number of aliphatic imine (C=N–C) groups is 1. The molecule has 1 fully saturated rings. The van der Waals surface area contributed by atoms with Crippen molar-refractivity contribution < 1.29 is 4.79 Å². The zero-order chi connectivity index (χ0) is 21.1. The summed E-state index contributed by atoms with van der Waals surface area (Å²) < 4.78 is 0. The van der Waals surface area contributed by atoms with Crippen molar-refractivity contribution in [2.24, 2.45) is 4.99 Å². The number of benzene rings is 2. The van der Waals surface area contributed by atoms with E-state index < -0.39 is 0 Å². The van der Waals surface area contributed by atoms with Gasteiger partial charge >= 0.3 is 0 Å². The maximum Gasteiger partial charge on any atom is 0.271 e. The molecule has 1 amide bonds. The SMILES string of the molecule is CCc1nnc(N=C2S/C(=C\c3ccc(N(C)C)cc3)C(=O)N2c2ccccc2)s1. The fourth-order valence-corrected chi connectivity index (χ4v) is 4.58. The van der Waals surface area contributed by atoms with Crippen molar-refractivity contribution in [3.05, 3.63) is 70.1 Å². The van der Waals surface area contributed by atoms with Gasteiger partial charge < -0.3 is 4.90 Å². The van der Waals surface area contributed by atoms with Gasteiger partial charge in [-0.3, -0.25) is 9.69 Å². The van der Waals surface area contributed by atoms with Crippen LogP contribution in [-0.4, -0.2) is 35.4 Å². The second kappa shape index (κ2) is 8.81. The van der Waals surface area contributed by atoms with Crippen molar-refractivity contribution in [2.45, 2.75) is 13.3 Å². The first-order valence-electron chi connectivity index (χ1n) is 9.52. The number of hydrogen-bond donors (Lipinski definition) is 0. The highest BCUT2D eigenvalue weighted by Gasteiger charge is 2.35. The third-order valence-corrected chi connectivity index (χ3v) is 6.41. The van der Waals surface area contributed by atoms with Gasteiger partial charge in [-0.25, -0.2) is 0 Å². The minimum absolute atomic E-state index is 0.0955. The fraction of sp³-hybridized carbons (Fsp3) is 0.182. The maximum absolute atomic E-state index is 13.3. The molecular weight excluding hydrogens is 414 g/mol. The van der Waals surface area contributed by atoms with E-state index in [9.17, 15) is 4.79 Å². The van der Waals surface area contributed by atoms with Gasteiger partial charge in [-0.05, 0) is 54.1 Å². The van der Waals surface area contributed by atoms with Crippen molar-refractivity contribution in [3.8, 4) is 0 Å². The van der Waals surface area contributed by atoms with Crippen LogP contribution in [0.1, 0.15) is 17.5 Å². The van der Waals surface area contributed by atoms with Gasteiger partial charge in [0.15, 0.2) is 5.17 Å². The first-order chi connectivity index (χ1) is 14.5. The van der Waals surface area contributed by atoms with Crippen molar-refractivity contribution in [1.29, 1.82) is 0 Å². The molecule has 1 aromatic heterocycles. The minimum atomic E-state index is -0.0955. The molecule has 0 saturated carbocycles. The van der Waals surface area contributed by atoms with Crippen LogP contribution in [0.25, 0.3) is 6.08 Å². The Labute approximate surface area is 184 Å². The van der Waals surface area contributed by atoms with Gasteiger partial charge in [0, 0.05) is 19.8 Å². The van der Waals surface area contributed by atoms with Crippen LogP contribution in [0, 0.1) is 0 Å². The molecule has 6 nitrogen and oxygen atoms in total. The number of nitrogens with zero attached hydrogens (tertiary/aromatic N) is 5. The zero-order valence-electron chi connectivity index (χ0n) is 16.9. The summed E-state index contributed by atoms with van der Waals surface area (Å²) in [6, 6.07) is 17.6. The van der Waals surface area contributed by atoms with Crippen molar-refractivity contribution in [1.82, 2.24) is 10.2 Å². The van der Waals surface area contributed by atoms with Gasteiger partial charge in [0.2, 0.25) is 5.13 Å². The lowest BCUT2D eigenvalue weighted by Gasteiger charge is -2.14. The molecular formula is C22H21N5OS2. The van der Waals surface area contributed by atoms with E-state index in [0.29, 0.717) is 15.2 Å². The van der Waals surface area contributed by atoms with Gasteiger partial charge in [0.1, 0.15) is 5.01 Å². The highest BCUT2D eigenvalue weighted by Crippen LogP contribution is 2.37. The highest BCUT2D eigenvalue weighted by atomic mass is 32.2. The van der Waals surface area contributed by atoms with Crippen LogP contribution in [0.5, 0.6) is 0 Å². The number of amidine groups is 1. The molecule has 30 heavy (non-hydrogen) atoms. The van der Waals surface area contributed by atoms with Crippen molar-refractivity contribution >= 4 is 56.8 Å². The maximum atomic E-state index is 13.3. The molecule has 152 valence electrons. The third kappa shape index (κ3) is 4.29. The molecule has 1 saturated heterocycles. The zero-order valence-corrected chi connectivity index (χ0v) is 18.6. The minimum Gasteiger partial charge on any atom is -0.378 e. The van der Waals surface area contributed by atoms with E-state index in [2.05, 4.69) is 15.2 Å². The molecule has 1 aliphatic heterocycles. The quantitative estimate of drug-likeness (QED) is 0.529. The summed E-state index contributed by atoms with van der Waals surface area (Å²) in [5, 5.41) is 10.3. The van der Waals surface area contributed by atoms with Crippen LogP contribution in [0.3, 0.4) is 0 Å². The molecule has 8 heteroatoms. The monoisotopic (exact) mass is 435 g/mol. The smallest absolute Gasteiger partial charge is 0.271 e. The molecule has 3 aromatic rings. The average Bonchev–Trinajstić information content (AvgIpc) is 3.33. The van der Waals surface area contributed by atoms with Crippen LogP contribution in [0.15, 0.2) is 64.5 Å². The number of rotatable bonds is 5. The summed E-state index contributed by atoms with van der Waals surface area (Å²) in [6.45, 7) is 2.03. The molecule has 0 radical (unpaired) electrons. The Morgan fingerprint density at radius 1 is 1.07 bits per heavy atom. The lowest BCUT2D eigenvalue weighted by molar-refractivity contribution is -0.113. The number of carbonyl (C=O) groups excluding carboxylic acids is 1. The van der Waals surface area contributed by atoms with E-state index >= 15 is 0 Å². The first kappa shape index (κ1) is 20.3. The highest BCUT2D eigenvalue weighted by molar-refractivity contribution is 8.19. The van der Waals surface area contributed by atoms with Gasteiger partial charge in [0.05, 0.1) is 10.6 Å². The molecule has 0 bridgehead atoms. The third-order valence-electron chi connectivity index (χ3n) is 4.48. The van der Waals surface area contributed by atoms with Crippen LogP contribution < -0.4 is 9.80 Å². The van der Waals surface area contributed by atoms with E-state index in [1.54, 1.807) is 4.90 Å². The van der Waals surface area contributed by atoms with Crippen LogP contribution in [0.4, 0.5) is 16.5 Å². The Bertz CT molecular complexity index is 1100. The lowest BCUT2D eigenvalue weighted by Crippen LogP contribution is -2.28. The molecule has 0 spiro atoms. The number of para-hydroxylation sites is 1. The number of carbonyl (C=O) groups is 1. The number of aryl methyl sites for hydroxylation is 1. The summed E-state index contributed by atoms with van der Waals surface area (Å²) in [6.07, 6.45) is 2.72. The van der Waals surface area contributed by atoms with E-state index in [4.69, 9.17) is 0 Å². The molecule has 2 aromatic carbocycles. The summed E-state index contributed by atoms with van der Waals surface area (Å²) in [5.41, 5.74) is 2.86. The molecule has 2 heterocycles. The number of thioether (sulfide) groups is 1. The second-order valence-electron chi connectivity index (χ2n) is 6.80. The van der Waals surface area contributed by atoms with Gasteiger partial charge in [-0.2, -0.15) is 4.99 Å². The summed E-state index contributed by atoms with van der Waals surface area (Å²) in [5.74, 6) is -0.0955. The Balaban J connectivity index is 1.71. The van der Waals surface area contributed by atoms with Crippen molar-refractivity contribution in [2.75, 3.05) is 23.9 Å². The topological polar surface area (TPSA) is 61.7 Å². The van der Waals surface area contributed by atoms with Gasteiger partial charge in [-0.1, -0.05) is 48.6 Å². The average molecular weight is 436 g/mol. The Morgan fingerprint density at radius 2 is 1.80 bits per heavy atom. The first-order valence-corrected chi connectivity index (χ1v) is 11.2. The largest absolute Gasteiger partial charge is 0.378 e. The predicted octanol–water partition coefficient (Wildman–Crippen LogP) is 4.98. The normalized spacial score (nSPS) is 16.6. The Hall–Kier alpha value is -2.97. The van der Waals surface area contributed by atoms with Gasteiger partial charge in [-0.15, -0.1) is 10.2 Å². The number of aromatic nitrogens is 2. The molecule has 0 N–H and O–H groups in total. The number of anilines is 2. The summed E-state index contributed by atoms with van der Waals surface area (Å²) in [7, 11) is 4.00. The summed E-state index contributed by atoms with van der Waals surface area (Å²) in [4.78, 5) is 22.2. The molecule has 1 aliphatic rings. The van der Waals surface area contributed by atoms with E-state index in [1.807, 2.05) is 86.6 Å². The Morgan fingerprint density at radius 3 is 2.43 bits per heavy atom. The van der Waals surface area contributed by atoms with Crippen LogP contribution in [0.2, 0.25) is 0 Å². The molecule has 4 rings (SSSR count). The predicted molar refractivity (Wildman–Crippen MR) is 127 cm³/mol. The summed E-state index contributed by atoms with van der Waals surface area (Å²) >= 11 is 2.80. The molecule has 0 aliphatic carbocycles. The molecule has 0 unspecified atom stereocenters. The van der Waals surface area contributed by atoms with Crippen LogP contribution in [-0.2, 0) is 11.2 Å². The van der Waals surface area contributed by atoms with Crippen LogP contribution >= 0.6 is 23.1 Å². The molecule has 0 atom stereocenters. The van der Waals surface area contributed by atoms with E-state index in [1.165, 1.54) is 23.1 Å². The second-order valence-corrected chi connectivity index (χ2v) is 8.85. The number of amides is 1. The van der Waals surface area contributed by atoms with Gasteiger partial charge in [0.25, 0.3) is 5.91 Å². The van der Waals surface area contributed by atoms with Crippen molar-refractivity contribution in [3.63, 3.8) is 0 Å². The lowest BCUT2D eigenvalue weighted by atomic mass is 10.2. The fourth-order valence-electron chi connectivity index (χ4n) is 2.89. The van der Waals surface area contributed by atoms with E-state index in [0.717, 1.165) is 28.4 Å². The number of hydrogen-bond acceptors (Lipinski definition) is 7. The standard InChI is InChI=1S/C22H21N5OS2/c1-4-19-24-25-21(30-19)23-22-27(17-8-6-5-7-9-17)20(28)18(29-22)14-15-10-12-16(13-11-15)26(2)3/h5-14H,4H2,1-3H3/b18-14-,23-22?.